The van der Waals surface area contributed by atoms with Gasteiger partial charge in [0.25, 0.3) is 0 Å². The van der Waals surface area contributed by atoms with E-state index in [1.807, 2.05) is 25.7 Å². The number of hydrogen-bond donors (Lipinski definition) is 6. The highest BCUT2D eigenvalue weighted by Gasteiger charge is 2.44. The number of rotatable bonds is 18. The van der Waals surface area contributed by atoms with Crippen molar-refractivity contribution in [3.05, 3.63) is 0 Å². The molecule has 6 N–H and O–H groups in total. The molecule has 0 saturated carbocycles. The second kappa shape index (κ2) is 19.9. The van der Waals surface area contributed by atoms with Crippen LogP contribution in [0.25, 0.3) is 0 Å². The average molecular weight is 633 g/mol. The van der Waals surface area contributed by atoms with Gasteiger partial charge in [0.2, 0.25) is 5.91 Å². The number of amides is 2. The molecule has 2 rings (SSSR count). The fourth-order valence-corrected chi connectivity index (χ4v) is 5.73. The van der Waals surface area contributed by atoms with Gasteiger partial charge in [-0.2, -0.15) is 0 Å². The highest BCUT2D eigenvalue weighted by molar-refractivity contribution is 5.76. The SMILES string of the molecule is CCC(O)[C@H](COC1OC(CO)C(O)C(O)C1O)NC(=O)CCCCCCCCCCC1CCN(C(=O)OC(C)(C)C)CC1. The molecule has 2 fully saturated rings. The van der Waals surface area contributed by atoms with Crippen LogP contribution in [0.5, 0.6) is 0 Å². The van der Waals surface area contributed by atoms with E-state index in [0.717, 1.165) is 51.6 Å². The van der Waals surface area contributed by atoms with E-state index >= 15 is 0 Å². The van der Waals surface area contributed by atoms with Crippen molar-refractivity contribution in [3.8, 4) is 0 Å². The van der Waals surface area contributed by atoms with Crippen LogP contribution in [0.3, 0.4) is 0 Å². The van der Waals surface area contributed by atoms with E-state index in [0.29, 0.717) is 18.8 Å². The first kappa shape index (κ1) is 38.6. The summed E-state index contributed by atoms with van der Waals surface area (Å²) < 4.78 is 16.4. The summed E-state index contributed by atoms with van der Waals surface area (Å²) in [5, 5.41) is 52.5. The minimum atomic E-state index is -1.56. The van der Waals surface area contributed by atoms with Gasteiger partial charge in [0.1, 0.15) is 30.0 Å². The third kappa shape index (κ3) is 13.8. The van der Waals surface area contributed by atoms with Crippen LogP contribution in [-0.2, 0) is 19.0 Å². The van der Waals surface area contributed by atoms with Gasteiger partial charge in [-0.05, 0) is 52.4 Å². The summed E-state index contributed by atoms with van der Waals surface area (Å²) in [5.41, 5.74) is -0.453. The quantitative estimate of drug-likeness (QED) is 0.123. The van der Waals surface area contributed by atoms with Crippen molar-refractivity contribution in [1.29, 1.82) is 0 Å². The number of hydrogen-bond acceptors (Lipinski definition) is 10. The Bertz CT molecular complexity index is 815. The number of aliphatic hydroxyl groups excluding tert-OH is 5. The molecule has 2 saturated heterocycles. The maximum Gasteiger partial charge on any atom is 0.410 e. The molecule has 12 heteroatoms. The summed E-state index contributed by atoms with van der Waals surface area (Å²) in [7, 11) is 0. The third-order valence-corrected chi connectivity index (χ3v) is 8.55. The Kier molecular flexibility index (Phi) is 17.4. The van der Waals surface area contributed by atoms with Gasteiger partial charge >= 0.3 is 6.09 Å². The highest BCUT2D eigenvalue weighted by atomic mass is 16.7. The second-order valence-electron chi connectivity index (χ2n) is 13.5. The molecule has 2 amide bonds. The summed E-state index contributed by atoms with van der Waals surface area (Å²) >= 11 is 0. The van der Waals surface area contributed by atoms with Gasteiger partial charge in [0.05, 0.1) is 25.4 Å². The molecule has 0 aromatic carbocycles. The lowest BCUT2D eigenvalue weighted by Gasteiger charge is -2.40. The van der Waals surface area contributed by atoms with Crippen molar-refractivity contribution in [1.82, 2.24) is 10.2 Å². The third-order valence-electron chi connectivity index (χ3n) is 8.55. The van der Waals surface area contributed by atoms with Crippen molar-refractivity contribution < 1.29 is 49.3 Å². The Morgan fingerprint density at radius 3 is 2.09 bits per heavy atom. The van der Waals surface area contributed by atoms with Crippen LogP contribution in [-0.4, -0.2) is 117 Å². The number of unbranched alkanes of at least 4 members (excludes halogenated alkanes) is 7. The van der Waals surface area contributed by atoms with Crippen LogP contribution in [0.15, 0.2) is 0 Å². The number of carbonyl (C=O) groups excluding carboxylic acids is 2. The van der Waals surface area contributed by atoms with Crippen LogP contribution in [0.2, 0.25) is 0 Å². The minimum Gasteiger partial charge on any atom is -0.444 e. The smallest absolute Gasteiger partial charge is 0.410 e. The van der Waals surface area contributed by atoms with Crippen molar-refractivity contribution in [2.75, 3.05) is 26.3 Å². The summed E-state index contributed by atoms with van der Waals surface area (Å²) in [5.74, 6) is 0.494. The summed E-state index contributed by atoms with van der Waals surface area (Å²) in [6.07, 6.45) is 4.69. The van der Waals surface area contributed by atoms with Gasteiger partial charge in [-0.1, -0.05) is 58.3 Å². The lowest BCUT2D eigenvalue weighted by atomic mass is 9.91. The highest BCUT2D eigenvalue weighted by Crippen LogP contribution is 2.25. The number of aliphatic hydroxyl groups is 5. The van der Waals surface area contributed by atoms with Crippen LogP contribution in [0.1, 0.15) is 111 Å². The van der Waals surface area contributed by atoms with Gasteiger partial charge in [-0.25, -0.2) is 4.79 Å². The predicted molar refractivity (Wildman–Crippen MR) is 165 cm³/mol. The average Bonchev–Trinajstić information content (AvgIpc) is 2.98. The van der Waals surface area contributed by atoms with Crippen LogP contribution in [0.4, 0.5) is 4.79 Å². The molecule has 258 valence electrons. The van der Waals surface area contributed by atoms with Crippen molar-refractivity contribution in [2.24, 2.45) is 5.92 Å². The van der Waals surface area contributed by atoms with Crippen molar-refractivity contribution >= 4 is 12.0 Å². The van der Waals surface area contributed by atoms with E-state index in [2.05, 4.69) is 5.32 Å². The molecule has 6 unspecified atom stereocenters. The normalized spacial score (nSPS) is 26.3. The first-order valence-corrected chi connectivity index (χ1v) is 16.7. The van der Waals surface area contributed by atoms with Gasteiger partial charge in [-0.15, -0.1) is 0 Å². The van der Waals surface area contributed by atoms with Crippen molar-refractivity contribution in [3.63, 3.8) is 0 Å². The minimum absolute atomic E-state index is 0.172. The second-order valence-corrected chi connectivity index (χ2v) is 13.5. The standard InChI is InChI=1S/C32H60N2O10/c1-5-24(36)23(21-42-30-29(40)28(39)27(38)25(20-35)43-30)33-26(37)15-13-11-9-7-6-8-10-12-14-22-16-18-34(19-17-22)31(41)44-32(2,3)4/h22-25,27-30,35-36,38-40H,5-21H2,1-4H3,(H,33,37)/t23-,24?,25?,27?,28?,29?,30?/m0/s1. The molecule has 7 atom stereocenters. The summed E-state index contributed by atoms with van der Waals surface area (Å²) in [6, 6.07) is -0.739. The zero-order chi connectivity index (χ0) is 32.7. The molecule has 0 aliphatic carbocycles. The summed E-state index contributed by atoms with van der Waals surface area (Å²) in [4.78, 5) is 26.6. The molecule has 0 radical (unpaired) electrons. The Morgan fingerprint density at radius 1 is 0.932 bits per heavy atom. The zero-order valence-electron chi connectivity index (χ0n) is 27.4. The number of ether oxygens (including phenoxy) is 3. The lowest BCUT2D eigenvalue weighted by molar-refractivity contribution is -0.302. The molecular formula is C32H60N2O10. The fraction of sp³-hybridized carbons (Fsp3) is 0.938. The van der Waals surface area contributed by atoms with Crippen molar-refractivity contribution in [2.45, 2.75) is 160 Å². The predicted octanol–water partition coefficient (Wildman–Crippen LogP) is 2.61. The Balaban J connectivity index is 1.52. The molecule has 0 aromatic rings. The monoisotopic (exact) mass is 632 g/mol. The maximum atomic E-state index is 12.5. The molecule has 2 aliphatic heterocycles. The molecule has 0 bridgehead atoms. The zero-order valence-corrected chi connectivity index (χ0v) is 27.4. The molecule has 12 nitrogen and oxygen atoms in total. The number of nitrogens with zero attached hydrogens (tertiary/aromatic N) is 1. The van der Waals surface area contributed by atoms with E-state index in [-0.39, 0.29) is 18.6 Å². The number of carbonyl (C=O) groups is 2. The van der Waals surface area contributed by atoms with Crippen LogP contribution in [0, 0.1) is 5.92 Å². The topological polar surface area (TPSA) is 178 Å². The van der Waals surface area contributed by atoms with Gasteiger partial charge in [-0.3, -0.25) is 4.79 Å². The Morgan fingerprint density at radius 2 is 1.52 bits per heavy atom. The maximum absolute atomic E-state index is 12.5. The molecule has 2 heterocycles. The van der Waals surface area contributed by atoms with Gasteiger partial charge in [0, 0.05) is 19.5 Å². The molecule has 0 aromatic heterocycles. The Hall–Kier alpha value is -1.54. The Labute approximate surface area is 263 Å². The van der Waals surface area contributed by atoms with E-state index < -0.39 is 55.1 Å². The molecule has 44 heavy (non-hydrogen) atoms. The van der Waals surface area contributed by atoms with E-state index in [1.54, 1.807) is 6.92 Å². The molecular weight excluding hydrogens is 572 g/mol. The summed E-state index contributed by atoms with van der Waals surface area (Å²) in [6.45, 7) is 8.29. The van der Waals surface area contributed by atoms with Crippen LogP contribution >= 0.6 is 0 Å². The fourth-order valence-electron chi connectivity index (χ4n) is 5.73. The van der Waals surface area contributed by atoms with Gasteiger partial charge < -0.3 is 50.0 Å². The van der Waals surface area contributed by atoms with Gasteiger partial charge in [0.15, 0.2) is 6.29 Å². The van der Waals surface area contributed by atoms with Crippen LogP contribution < -0.4 is 5.32 Å². The first-order valence-electron chi connectivity index (χ1n) is 16.7. The molecule has 0 spiro atoms. The first-order chi connectivity index (χ1) is 20.9. The lowest BCUT2D eigenvalue weighted by Crippen LogP contribution is -2.60. The van der Waals surface area contributed by atoms with E-state index in [9.17, 15) is 35.1 Å². The van der Waals surface area contributed by atoms with E-state index in [4.69, 9.17) is 14.2 Å². The number of likely N-dealkylation sites (tertiary alicyclic amines) is 1. The largest absolute Gasteiger partial charge is 0.444 e. The number of nitrogens with one attached hydrogen (secondary N) is 1. The number of piperidine rings is 1. The molecule has 2 aliphatic rings. The van der Waals surface area contributed by atoms with E-state index in [1.165, 1.54) is 32.1 Å².